The lowest BCUT2D eigenvalue weighted by Crippen LogP contribution is -2.53. The number of aromatic nitrogens is 2. The number of alkyl halides is 5. The Kier molecular flexibility index (Phi) is 8.21. The summed E-state index contributed by atoms with van der Waals surface area (Å²) in [4.78, 5) is 21.4. The Morgan fingerprint density at radius 1 is 1.14 bits per heavy atom. The Balaban J connectivity index is 1.30. The fraction of sp³-hybridized carbons (Fsp3) is 0.250. The molecule has 5 rings (SSSR count). The first-order chi connectivity index (χ1) is 19.9. The van der Waals surface area contributed by atoms with Gasteiger partial charge in [-0.05, 0) is 54.8 Å². The van der Waals surface area contributed by atoms with Crippen molar-refractivity contribution in [2.24, 2.45) is 0 Å². The molecule has 0 bridgehead atoms. The summed E-state index contributed by atoms with van der Waals surface area (Å²) in [6.45, 7) is -0.125. The van der Waals surface area contributed by atoms with E-state index in [1.165, 1.54) is 29.8 Å². The first kappa shape index (κ1) is 29.5. The molecule has 1 aliphatic heterocycles. The summed E-state index contributed by atoms with van der Waals surface area (Å²) >= 11 is 7.56. The molecule has 1 saturated heterocycles. The van der Waals surface area contributed by atoms with Crippen LogP contribution in [0.15, 0.2) is 54.9 Å². The highest BCUT2D eigenvalue weighted by Crippen LogP contribution is 2.39. The molecule has 1 amide bonds. The number of nitrogens with zero attached hydrogens (tertiary/aromatic N) is 3. The zero-order chi connectivity index (χ0) is 30.1. The number of likely N-dealkylation sites (tertiary alicyclic amines) is 1. The summed E-state index contributed by atoms with van der Waals surface area (Å²) < 4.78 is 85.1. The first-order valence-electron chi connectivity index (χ1n) is 12.4. The van der Waals surface area contributed by atoms with Crippen molar-refractivity contribution in [1.29, 1.82) is 0 Å². The number of hydrogen-bond donors (Lipinski definition) is 1. The van der Waals surface area contributed by atoms with E-state index >= 15 is 0 Å². The molecule has 0 spiro atoms. The number of thiophene rings is 1. The maximum atomic E-state index is 13.6. The van der Waals surface area contributed by atoms with Crippen molar-refractivity contribution in [3.8, 4) is 17.6 Å². The van der Waals surface area contributed by atoms with Crippen LogP contribution >= 0.6 is 22.9 Å². The van der Waals surface area contributed by atoms with Crippen LogP contribution in [0, 0.1) is 17.7 Å². The molecule has 2 aromatic carbocycles. The molecule has 2 aromatic heterocycles. The molecule has 0 aliphatic carbocycles. The summed E-state index contributed by atoms with van der Waals surface area (Å²) in [5.41, 5.74) is 1.73. The molecule has 6 nitrogen and oxygen atoms in total. The van der Waals surface area contributed by atoms with E-state index < -0.39 is 24.0 Å². The van der Waals surface area contributed by atoms with Gasteiger partial charge in [-0.2, -0.15) is 22.0 Å². The van der Waals surface area contributed by atoms with Crippen LogP contribution in [0.25, 0.3) is 10.2 Å². The minimum Gasteiger partial charge on any atom is -0.487 e. The Labute approximate surface area is 244 Å². The molecule has 3 heterocycles. The minimum absolute atomic E-state index is 0.118. The van der Waals surface area contributed by atoms with E-state index in [9.17, 15) is 31.1 Å². The maximum Gasteiger partial charge on any atom is 0.463 e. The van der Waals surface area contributed by atoms with E-state index in [1.807, 2.05) is 0 Å². The summed E-state index contributed by atoms with van der Waals surface area (Å²) in [5.74, 6) is -1.90. The second kappa shape index (κ2) is 11.7. The van der Waals surface area contributed by atoms with Crippen LogP contribution in [0.2, 0.25) is 5.02 Å². The second-order valence-corrected chi connectivity index (χ2v) is 10.7. The van der Waals surface area contributed by atoms with Crippen LogP contribution in [0.1, 0.15) is 23.3 Å². The van der Waals surface area contributed by atoms with Crippen LogP contribution in [0.3, 0.4) is 0 Å². The van der Waals surface area contributed by atoms with Crippen LogP contribution in [0.4, 0.5) is 37.8 Å². The highest BCUT2D eigenvalue weighted by Gasteiger charge is 2.65. The quantitative estimate of drug-likeness (QED) is 0.180. The molecule has 1 fully saturated rings. The molecule has 0 saturated carbocycles. The molecular formula is C28H19ClF6N4O2S. The second-order valence-electron chi connectivity index (χ2n) is 9.23. The number of fused-ring (bicyclic) bond motifs is 1. The summed E-state index contributed by atoms with van der Waals surface area (Å²) in [5, 5.41) is 3.44. The van der Waals surface area contributed by atoms with Crippen molar-refractivity contribution in [1.82, 2.24) is 14.9 Å². The van der Waals surface area contributed by atoms with Crippen molar-refractivity contribution in [3.63, 3.8) is 0 Å². The number of benzene rings is 2. The lowest BCUT2D eigenvalue weighted by Gasteiger charge is -2.27. The van der Waals surface area contributed by atoms with Gasteiger partial charge in [-0.25, -0.2) is 14.4 Å². The third-order valence-corrected chi connectivity index (χ3v) is 7.63. The Hall–Kier alpha value is -4.02. The molecule has 218 valence electrons. The number of carbonyl (C=O) groups excluding carboxylic acids is 1. The number of carbonyl (C=O) groups is 1. The van der Waals surface area contributed by atoms with Gasteiger partial charge in [-0.15, -0.1) is 11.3 Å². The Bertz CT molecular complexity index is 1700. The van der Waals surface area contributed by atoms with Crippen molar-refractivity contribution in [3.05, 3.63) is 76.1 Å². The molecule has 42 heavy (non-hydrogen) atoms. The predicted molar refractivity (Wildman–Crippen MR) is 145 cm³/mol. The van der Waals surface area contributed by atoms with Gasteiger partial charge in [0, 0.05) is 12.2 Å². The fourth-order valence-electron chi connectivity index (χ4n) is 4.24. The number of halogens is 7. The standard InChI is InChI=1S/C28H19ClF6N4O2S/c29-21-12-18(6-9-23(21)41-14-16-3-1-4-17(30)11-16)38-25-24-22(36-15-37-25)13-20(42-24)8-7-19-5-2-10-39(19)26(40)27(31,32)28(33,34)35/h1,3-4,6,9,11-13,15,19H,2,5,10,14H2,(H,36,37,38). The van der Waals surface area contributed by atoms with Crippen molar-refractivity contribution >= 4 is 50.6 Å². The van der Waals surface area contributed by atoms with Crippen LogP contribution in [-0.2, 0) is 11.4 Å². The molecule has 0 radical (unpaired) electrons. The Morgan fingerprint density at radius 3 is 2.69 bits per heavy atom. The highest BCUT2D eigenvalue weighted by atomic mass is 35.5. The van der Waals surface area contributed by atoms with E-state index in [-0.39, 0.29) is 31.8 Å². The molecule has 1 atom stereocenters. The van der Waals surface area contributed by atoms with Gasteiger partial charge in [0.05, 0.1) is 26.2 Å². The smallest absolute Gasteiger partial charge is 0.463 e. The SMILES string of the molecule is O=C(N1CCCC1C#Cc1cc2ncnc(Nc3ccc(OCc4cccc(F)c4)c(Cl)c3)c2s1)C(F)(F)C(F)(F)F. The summed E-state index contributed by atoms with van der Waals surface area (Å²) in [6.07, 6.45) is -4.24. The van der Waals surface area contributed by atoms with Gasteiger partial charge in [0.1, 0.15) is 24.5 Å². The van der Waals surface area contributed by atoms with E-state index in [1.54, 1.807) is 36.4 Å². The van der Waals surface area contributed by atoms with E-state index in [4.69, 9.17) is 16.3 Å². The third-order valence-electron chi connectivity index (χ3n) is 6.29. The third kappa shape index (κ3) is 6.24. The normalized spacial score (nSPS) is 15.4. The molecule has 4 aromatic rings. The minimum atomic E-state index is -5.99. The highest BCUT2D eigenvalue weighted by molar-refractivity contribution is 7.20. The van der Waals surface area contributed by atoms with Gasteiger partial charge in [-0.3, -0.25) is 4.79 Å². The van der Waals surface area contributed by atoms with Gasteiger partial charge in [0.25, 0.3) is 0 Å². The summed E-state index contributed by atoms with van der Waals surface area (Å²) in [7, 11) is 0. The van der Waals surface area contributed by atoms with Crippen molar-refractivity contribution < 1.29 is 35.9 Å². The molecule has 1 aliphatic rings. The van der Waals surface area contributed by atoms with Gasteiger partial charge in [-0.1, -0.05) is 35.6 Å². The number of hydrogen-bond acceptors (Lipinski definition) is 6. The van der Waals surface area contributed by atoms with E-state index in [0.717, 1.165) is 0 Å². The molecular weight excluding hydrogens is 606 g/mol. The largest absolute Gasteiger partial charge is 0.487 e. The fourth-order valence-corrected chi connectivity index (χ4v) is 5.39. The van der Waals surface area contributed by atoms with Crippen LogP contribution < -0.4 is 10.1 Å². The van der Waals surface area contributed by atoms with Gasteiger partial charge in [0.2, 0.25) is 0 Å². The van der Waals surface area contributed by atoms with Crippen LogP contribution in [-0.4, -0.2) is 45.5 Å². The van der Waals surface area contributed by atoms with Crippen molar-refractivity contribution in [2.75, 3.05) is 11.9 Å². The Morgan fingerprint density at radius 2 is 1.95 bits per heavy atom. The average Bonchev–Trinajstić information content (AvgIpc) is 3.58. The number of amides is 1. The molecule has 1 unspecified atom stereocenters. The lowest BCUT2D eigenvalue weighted by atomic mass is 10.2. The zero-order valence-corrected chi connectivity index (χ0v) is 22.9. The monoisotopic (exact) mass is 624 g/mol. The van der Waals surface area contributed by atoms with E-state index in [0.29, 0.717) is 47.8 Å². The predicted octanol–water partition coefficient (Wildman–Crippen LogP) is 7.35. The number of ether oxygens (including phenoxy) is 1. The lowest BCUT2D eigenvalue weighted by molar-refractivity contribution is -0.274. The number of nitrogens with one attached hydrogen (secondary N) is 1. The summed E-state index contributed by atoms with van der Waals surface area (Å²) in [6, 6.07) is 11.5. The zero-order valence-electron chi connectivity index (χ0n) is 21.3. The van der Waals surface area contributed by atoms with Crippen LogP contribution in [0.5, 0.6) is 5.75 Å². The maximum absolute atomic E-state index is 13.6. The first-order valence-corrected chi connectivity index (χ1v) is 13.6. The van der Waals surface area contributed by atoms with Crippen molar-refractivity contribution in [2.45, 2.75) is 37.6 Å². The molecule has 1 N–H and O–H groups in total. The topological polar surface area (TPSA) is 67.4 Å². The van der Waals surface area contributed by atoms with Gasteiger partial charge < -0.3 is 15.0 Å². The van der Waals surface area contributed by atoms with E-state index in [2.05, 4.69) is 27.1 Å². The number of anilines is 2. The average molecular weight is 625 g/mol. The van der Waals surface area contributed by atoms with Gasteiger partial charge >= 0.3 is 18.0 Å². The number of rotatable bonds is 6. The van der Waals surface area contributed by atoms with Gasteiger partial charge in [0.15, 0.2) is 5.82 Å². The molecule has 14 heteroatoms.